The van der Waals surface area contributed by atoms with E-state index in [-0.39, 0.29) is 10.6 Å². The fourth-order valence-electron chi connectivity index (χ4n) is 1.62. The molecule has 0 aliphatic carbocycles. The second kappa shape index (κ2) is 5.85. The molecule has 0 atom stereocenters. The number of nitro groups is 1. The molecule has 0 saturated carbocycles. The van der Waals surface area contributed by atoms with E-state index < -0.39 is 14.9 Å². The highest BCUT2D eigenvalue weighted by Gasteiger charge is 2.08. The first-order valence-electron chi connectivity index (χ1n) is 5.82. The second-order valence-electron chi connectivity index (χ2n) is 4.20. The van der Waals surface area contributed by atoms with E-state index in [4.69, 9.17) is 5.14 Å². The van der Waals surface area contributed by atoms with Gasteiger partial charge in [-0.15, -0.1) is 0 Å². The summed E-state index contributed by atoms with van der Waals surface area (Å²) in [7, 11) is -3.71. The van der Waals surface area contributed by atoms with E-state index in [0.29, 0.717) is 12.4 Å². The van der Waals surface area contributed by atoms with Crippen LogP contribution in [0.4, 0.5) is 11.5 Å². The standard InChI is InChI=1S/C12H12N4O4S/c13-21(19,20)11-3-1-9(2-4-11)8-15-12-7-10(16(17)18)5-6-14-12/h1-7H,8H2,(H,14,15)(H2,13,19,20). The lowest BCUT2D eigenvalue weighted by molar-refractivity contribution is -0.384. The number of pyridine rings is 1. The van der Waals surface area contributed by atoms with Crippen LogP contribution in [0.5, 0.6) is 0 Å². The number of aromatic nitrogens is 1. The van der Waals surface area contributed by atoms with Crippen LogP contribution in [0.25, 0.3) is 0 Å². The van der Waals surface area contributed by atoms with E-state index in [1.807, 2.05) is 0 Å². The van der Waals surface area contributed by atoms with Gasteiger partial charge < -0.3 is 5.32 Å². The van der Waals surface area contributed by atoms with Gasteiger partial charge in [-0.3, -0.25) is 10.1 Å². The number of nitrogens with one attached hydrogen (secondary N) is 1. The minimum absolute atomic E-state index is 0.0275. The summed E-state index contributed by atoms with van der Waals surface area (Å²) < 4.78 is 22.2. The Labute approximate surface area is 120 Å². The van der Waals surface area contributed by atoms with Gasteiger partial charge in [0.05, 0.1) is 15.9 Å². The number of nitrogens with two attached hydrogens (primary N) is 1. The number of hydrogen-bond acceptors (Lipinski definition) is 6. The molecule has 0 radical (unpaired) electrons. The van der Waals surface area contributed by atoms with Crippen LogP contribution in [0.15, 0.2) is 47.5 Å². The van der Waals surface area contributed by atoms with Crippen molar-refractivity contribution >= 4 is 21.5 Å². The number of primary sulfonamides is 1. The van der Waals surface area contributed by atoms with Crippen LogP contribution in [-0.2, 0) is 16.6 Å². The van der Waals surface area contributed by atoms with Crippen LogP contribution < -0.4 is 10.5 Å². The van der Waals surface area contributed by atoms with Crippen LogP contribution in [0.2, 0.25) is 0 Å². The van der Waals surface area contributed by atoms with Crippen molar-refractivity contribution in [2.45, 2.75) is 11.4 Å². The van der Waals surface area contributed by atoms with Gasteiger partial charge in [-0.25, -0.2) is 18.5 Å². The molecule has 0 amide bonds. The molecule has 0 spiro atoms. The molecule has 2 aromatic rings. The van der Waals surface area contributed by atoms with Crippen LogP contribution in [0, 0.1) is 10.1 Å². The fourth-order valence-corrected chi connectivity index (χ4v) is 2.13. The normalized spacial score (nSPS) is 11.1. The maximum atomic E-state index is 11.1. The van der Waals surface area contributed by atoms with Crippen LogP contribution >= 0.6 is 0 Å². The number of nitrogens with zero attached hydrogens (tertiary/aromatic N) is 2. The van der Waals surface area contributed by atoms with E-state index in [1.54, 1.807) is 12.1 Å². The number of hydrogen-bond donors (Lipinski definition) is 2. The van der Waals surface area contributed by atoms with E-state index in [1.165, 1.54) is 30.5 Å². The first-order chi connectivity index (χ1) is 9.86. The van der Waals surface area contributed by atoms with Gasteiger partial charge in [0, 0.05) is 18.8 Å². The molecule has 9 heteroatoms. The maximum absolute atomic E-state index is 11.1. The van der Waals surface area contributed by atoms with Crippen molar-refractivity contribution < 1.29 is 13.3 Å². The van der Waals surface area contributed by atoms with Gasteiger partial charge in [0.2, 0.25) is 10.0 Å². The van der Waals surface area contributed by atoms with Gasteiger partial charge in [-0.1, -0.05) is 12.1 Å². The lowest BCUT2D eigenvalue weighted by Gasteiger charge is -2.06. The summed E-state index contributed by atoms with van der Waals surface area (Å²) in [5.74, 6) is 0.361. The average Bonchev–Trinajstić information content (AvgIpc) is 2.45. The highest BCUT2D eigenvalue weighted by Crippen LogP contribution is 2.15. The average molecular weight is 308 g/mol. The fraction of sp³-hybridized carbons (Fsp3) is 0.0833. The number of sulfonamides is 1. The summed E-state index contributed by atoms with van der Waals surface area (Å²) in [6, 6.07) is 8.61. The lowest BCUT2D eigenvalue weighted by atomic mass is 10.2. The second-order valence-corrected chi connectivity index (χ2v) is 5.76. The third-order valence-corrected chi connectivity index (χ3v) is 3.61. The topological polar surface area (TPSA) is 128 Å². The van der Waals surface area contributed by atoms with Crippen LogP contribution in [0.1, 0.15) is 5.56 Å². The van der Waals surface area contributed by atoms with E-state index in [2.05, 4.69) is 10.3 Å². The Hall–Kier alpha value is -2.52. The molecule has 0 unspecified atom stereocenters. The highest BCUT2D eigenvalue weighted by atomic mass is 32.2. The predicted molar refractivity (Wildman–Crippen MR) is 76.0 cm³/mol. The predicted octanol–water partition coefficient (Wildman–Crippen LogP) is 1.25. The zero-order valence-corrected chi connectivity index (χ0v) is 11.6. The van der Waals surface area contributed by atoms with E-state index in [0.717, 1.165) is 5.56 Å². The van der Waals surface area contributed by atoms with Crippen molar-refractivity contribution in [3.05, 3.63) is 58.3 Å². The van der Waals surface area contributed by atoms with Gasteiger partial charge in [-0.2, -0.15) is 0 Å². The zero-order valence-electron chi connectivity index (χ0n) is 10.8. The largest absolute Gasteiger partial charge is 0.366 e. The molecule has 0 fully saturated rings. The summed E-state index contributed by atoms with van der Waals surface area (Å²) in [6.07, 6.45) is 1.34. The van der Waals surface area contributed by atoms with Crippen molar-refractivity contribution in [2.75, 3.05) is 5.32 Å². The molecule has 1 aromatic carbocycles. The van der Waals surface area contributed by atoms with Crippen molar-refractivity contribution in [3.8, 4) is 0 Å². The molecular formula is C12H12N4O4S. The Morgan fingerprint density at radius 3 is 2.48 bits per heavy atom. The Balaban J connectivity index is 2.06. The number of benzene rings is 1. The molecule has 110 valence electrons. The summed E-state index contributed by atoms with van der Waals surface area (Å²) in [5, 5.41) is 18.6. The SMILES string of the molecule is NS(=O)(=O)c1ccc(CNc2cc([N+](=O)[O-])ccn2)cc1. The monoisotopic (exact) mass is 308 g/mol. The molecule has 3 N–H and O–H groups in total. The third kappa shape index (κ3) is 3.97. The summed E-state index contributed by atoms with van der Waals surface area (Å²) >= 11 is 0. The molecule has 0 bridgehead atoms. The van der Waals surface area contributed by atoms with Crippen LogP contribution in [0.3, 0.4) is 0 Å². The molecule has 0 saturated heterocycles. The summed E-state index contributed by atoms with van der Waals surface area (Å²) in [6.45, 7) is 0.346. The van der Waals surface area contributed by atoms with Crippen molar-refractivity contribution in [3.63, 3.8) is 0 Å². The Morgan fingerprint density at radius 2 is 1.90 bits per heavy atom. The van der Waals surface area contributed by atoms with Crippen molar-refractivity contribution in [1.29, 1.82) is 0 Å². The Kier molecular flexibility index (Phi) is 4.15. The minimum Gasteiger partial charge on any atom is -0.366 e. The molecule has 0 aliphatic heterocycles. The molecular weight excluding hydrogens is 296 g/mol. The van der Waals surface area contributed by atoms with Gasteiger partial charge in [0.15, 0.2) is 0 Å². The molecule has 2 rings (SSSR count). The molecule has 21 heavy (non-hydrogen) atoms. The highest BCUT2D eigenvalue weighted by molar-refractivity contribution is 7.89. The quantitative estimate of drug-likeness (QED) is 0.632. The summed E-state index contributed by atoms with van der Waals surface area (Å²) in [4.78, 5) is 14.1. The number of rotatable bonds is 5. The third-order valence-electron chi connectivity index (χ3n) is 2.68. The van der Waals surface area contributed by atoms with Crippen molar-refractivity contribution in [2.24, 2.45) is 5.14 Å². The summed E-state index contributed by atoms with van der Waals surface area (Å²) in [5.41, 5.74) is 0.729. The van der Waals surface area contributed by atoms with Gasteiger partial charge in [0.1, 0.15) is 5.82 Å². The van der Waals surface area contributed by atoms with Gasteiger partial charge in [-0.05, 0) is 17.7 Å². The molecule has 1 aromatic heterocycles. The minimum atomic E-state index is -3.71. The smallest absolute Gasteiger partial charge is 0.274 e. The maximum Gasteiger partial charge on any atom is 0.274 e. The Morgan fingerprint density at radius 1 is 1.24 bits per heavy atom. The molecule has 0 aliphatic rings. The van der Waals surface area contributed by atoms with Gasteiger partial charge >= 0.3 is 0 Å². The van der Waals surface area contributed by atoms with E-state index >= 15 is 0 Å². The van der Waals surface area contributed by atoms with E-state index in [9.17, 15) is 18.5 Å². The Bertz CT molecular complexity index is 759. The first kappa shape index (κ1) is 14.9. The van der Waals surface area contributed by atoms with Crippen LogP contribution in [-0.4, -0.2) is 18.3 Å². The van der Waals surface area contributed by atoms with Crippen molar-refractivity contribution in [1.82, 2.24) is 4.98 Å². The molecule has 8 nitrogen and oxygen atoms in total. The number of anilines is 1. The molecule has 1 heterocycles. The first-order valence-corrected chi connectivity index (χ1v) is 7.37. The van der Waals surface area contributed by atoms with Gasteiger partial charge in [0.25, 0.3) is 5.69 Å². The lowest BCUT2D eigenvalue weighted by Crippen LogP contribution is -2.12. The zero-order chi connectivity index (χ0) is 15.5.